The fraction of sp³-hybridized carbons (Fsp3) is 0.429. The number of imidazole rings is 1. The van der Waals surface area contributed by atoms with Crippen LogP contribution in [0.25, 0.3) is 11.2 Å². The maximum absolute atomic E-state index is 11.9. The molecule has 13 heteroatoms. The molecule has 0 radical (unpaired) electrons. The van der Waals surface area contributed by atoms with Crippen LogP contribution in [0.1, 0.15) is 19.4 Å². The maximum atomic E-state index is 11.9. The Kier molecular flexibility index (Phi) is 9.77. The molecule has 0 saturated carbocycles. The number of nitrogens with one attached hydrogen (secondary N) is 1. The summed E-state index contributed by atoms with van der Waals surface area (Å²) in [4.78, 5) is 34.1. The minimum absolute atomic E-state index is 0.0123. The molecule has 0 fully saturated rings. The van der Waals surface area contributed by atoms with Crippen molar-refractivity contribution in [2.24, 2.45) is 5.92 Å². The molecule has 2 heterocycles. The van der Waals surface area contributed by atoms with Gasteiger partial charge in [0.15, 0.2) is 11.2 Å². The van der Waals surface area contributed by atoms with Gasteiger partial charge in [0.25, 0.3) is 5.56 Å². The third-order valence-electron chi connectivity index (χ3n) is 4.29. The van der Waals surface area contributed by atoms with E-state index in [4.69, 9.17) is 29.0 Å². The summed E-state index contributed by atoms with van der Waals surface area (Å²) < 4.78 is 28.7. The minimum atomic E-state index is -1.52. The number of ether oxygens (including phenoxy) is 3. The molecule has 184 valence electrons. The zero-order valence-corrected chi connectivity index (χ0v) is 19.9. The molecule has 3 N–H and O–H groups in total. The van der Waals surface area contributed by atoms with Crippen molar-refractivity contribution in [2.75, 3.05) is 32.1 Å². The Morgan fingerprint density at radius 1 is 1.21 bits per heavy atom. The average molecular weight is 493 g/mol. The number of nitrogen functional groups attached to an aromatic ring is 1. The Balaban J connectivity index is 1.49. The second-order valence-electron chi connectivity index (χ2n) is 7.54. The largest absolute Gasteiger partial charge is 0.510 e. The monoisotopic (exact) mass is 493 g/mol. The number of benzene rings is 1. The molecule has 0 aliphatic carbocycles. The van der Waals surface area contributed by atoms with E-state index in [-0.39, 0.29) is 43.7 Å². The Labute approximate surface area is 197 Å². The van der Waals surface area contributed by atoms with Gasteiger partial charge < -0.3 is 29.0 Å². The molecule has 0 saturated heterocycles. The van der Waals surface area contributed by atoms with Crippen molar-refractivity contribution in [3.63, 3.8) is 0 Å². The van der Waals surface area contributed by atoms with E-state index in [1.165, 1.54) is 6.33 Å². The summed E-state index contributed by atoms with van der Waals surface area (Å²) in [7, 11) is -1.52. The quantitative estimate of drug-likeness (QED) is 0.157. The highest BCUT2D eigenvalue weighted by Crippen LogP contribution is 2.39. The highest BCUT2D eigenvalue weighted by molar-refractivity contribution is 7.46. The number of hydrogen-bond donors (Lipinski definition) is 2. The molecule has 1 aromatic carbocycles. The number of nitrogens with zero attached hydrogens (tertiary/aromatic N) is 3. The van der Waals surface area contributed by atoms with Gasteiger partial charge in [-0.3, -0.25) is 14.3 Å². The van der Waals surface area contributed by atoms with E-state index in [2.05, 4.69) is 15.0 Å². The second kappa shape index (κ2) is 13.0. The fourth-order valence-electron chi connectivity index (χ4n) is 2.68. The first-order valence-electron chi connectivity index (χ1n) is 10.6. The van der Waals surface area contributed by atoms with Crippen LogP contribution in [0.5, 0.6) is 0 Å². The first kappa shape index (κ1) is 25.6. The van der Waals surface area contributed by atoms with Crippen molar-refractivity contribution < 1.29 is 28.1 Å². The zero-order chi connectivity index (χ0) is 24.3. The average Bonchev–Trinajstić information content (AvgIpc) is 3.22. The number of nitrogens with two attached hydrogens (primary N) is 1. The number of aromatic amines is 1. The van der Waals surface area contributed by atoms with Crippen LogP contribution < -0.4 is 11.3 Å². The number of aromatic nitrogens is 4. The summed E-state index contributed by atoms with van der Waals surface area (Å²) in [6.45, 7) is 4.75. The Morgan fingerprint density at radius 2 is 2.00 bits per heavy atom. The third kappa shape index (κ3) is 8.07. The van der Waals surface area contributed by atoms with E-state index in [0.717, 1.165) is 5.56 Å². The molecule has 0 amide bonds. The van der Waals surface area contributed by atoms with E-state index in [1.807, 2.05) is 44.2 Å². The molecule has 0 bridgehead atoms. The van der Waals surface area contributed by atoms with Crippen LogP contribution in [-0.2, 0) is 36.4 Å². The summed E-state index contributed by atoms with van der Waals surface area (Å²) in [5, 5.41) is 0. The minimum Gasteiger partial charge on any atom is -0.434 e. The van der Waals surface area contributed by atoms with Crippen molar-refractivity contribution in [1.29, 1.82) is 0 Å². The van der Waals surface area contributed by atoms with Crippen LogP contribution >= 0.6 is 8.38 Å². The lowest BCUT2D eigenvalue weighted by Gasteiger charge is -2.18. The fourth-order valence-corrected chi connectivity index (χ4v) is 3.64. The van der Waals surface area contributed by atoms with Gasteiger partial charge in [-0.2, -0.15) is 4.98 Å². The van der Waals surface area contributed by atoms with E-state index < -0.39 is 20.1 Å². The standard InChI is InChI=1S/C21H28N5O7P/c1-15(2)10-30-21(28)31-13-33-34(32-11-16-6-4-3-5-7-16)14-29-9-8-26-12-23-17-18(26)24-20(22)25-19(17)27/h3-7,12,15H,8-11,13-14H2,1-2H3,(H3,22,24,25,27). The maximum Gasteiger partial charge on any atom is 0.510 e. The van der Waals surface area contributed by atoms with Gasteiger partial charge in [0.1, 0.15) is 6.35 Å². The van der Waals surface area contributed by atoms with Gasteiger partial charge in [0.2, 0.25) is 21.1 Å². The summed E-state index contributed by atoms with van der Waals surface area (Å²) in [5.74, 6) is 0.212. The van der Waals surface area contributed by atoms with Gasteiger partial charge >= 0.3 is 6.16 Å². The molecular formula is C21H28N5O7P. The van der Waals surface area contributed by atoms with Crippen molar-refractivity contribution in [3.8, 4) is 0 Å². The normalized spacial score (nSPS) is 12.2. The Hall–Kier alpha value is -3.05. The van der Waals surface area contributed by atoms with Crippen LogP contribution in [0, 0.1) is 5.92 Å². The molecule has 0 spiro atoms. The lowest BCUT2D eigenvalue weighted by molar-refractivity contribution is -0.00337. The number of fused-ring (bicyclic) bond motifs is 1. The number of carbonyl (C=O) groups excluding carboxylic acids is 1. The van der Waals surface area contributed by atoms with Crippen LogP contribution in [0.15, 0.2) is 41.5 Å². The Morgan fingerprint density at radius 3 is 2.76 bits per heavy atom. The topological polar surface area (TPSA) is 153 Å². The van der Waals surface area contributed by atoms with Crippen LogP contribution in [0.2, 0.25) is 0 Å². The lowest BCUT2D eigenvalue weighted by atomic mass is 10.2. The molecule has 0 aliphatic heterocycles. The highest BCUT2D eigenvalue weighted by atomic mass is 31.2. The smallest absolute Gasteiger partial charge is 0.434 e. The van der Waals surface area contributed by atoms with Gasteiger partial charge in [-0.15, -0.1) is 0 Å². The molecule has 2 aromatic heterocycles. The molecule has 3 rings (SSSR count). The highest BCUT2D eigenvalue weighted by Gasteiger charge is 2.15. The van der Waals surface area contributed by atoms with Gasteiger partial charge in [-0.05, 0) is 11.5 Å². The first-order valence-corrected chi connectivity index (χ1v) is 11.9. The number of H-pyrrole nitrogens is 1. The Bertz CT molecular complexity index is 1110. The number of rotatable bonds is 13. The second-order valence-corrected chi connectivity index (χ2v) is 8.98. The molecule has 0 aliphatic rings. The summed E-state index contributed by atoms with van der Waals surface area (Å²) in [5.41, 5.74) is 6.75. The molecule has 3 aromatic rings. The molecule has 1 atom stereocenters. The summed E-state index contributed by atoms with van der Waals surface area (Å²) in [6, 6.07) is 9.59. The van der Waals surface area contributed by atoms with Gasteiger partial charge in [-0.1, -0.05) is 44.2 Å². The third-order valence-corrected chi connectivity index (χ3v) is 5.50. The SMILES string of the molecule is CC(C)COC(=O)OCOP(COCCn1cnc2c(=O)[nH]c(N)nc21)OCc1ccccc1. The number of carbonyl (C=O) groups is 1. The van der Waals surface area contributed by atoms with E-state index in [9.17, 15) is 9.59 Å². The van der Waals surface area contributed by atoms with Gasteiger partial charge in [-0.25, -0.2) is 9.78 Å². The summed E-state index contributed by atoms with van der Waals surface area (Å²) >= 11 is 0. The van der Waals surface area contributed by atoms with Crippen molar-refractivity contribution in [2.45, 2.75) is 27.0 Å². The van der Waals surface area contributed by atoms with Gasteiger partial charge in [0.05, 0.1) is 26.1 Å². The summed E-state index contributed by atoms with van der Waals surface area (Å²) in [6.07, 6.45) is 0.828. The number of hydrogen-bond acceptors (Lipinski definition) is 10. The van der Waals surface area contributed by atoms with E-state index in [1.54, 1.807) is 4.57 Å². The predicted octanol–water partition coefficient (Wildman–Crippen LogP) is 2.99. The van der Waals surface area contributed by atoms with Crippen molar-refractivity contribution in [3.05, 3.63) is 52.6 Å². The first-order chi connectivity index (χ1) is 16.4. The van der Waals surface area contributed by atoms with Crippen LogP contribution in [0.3, 0.4) is 0 Å². The van der Waals surface area contributed by atoms with Crippen LogP contribution in [0.4, 0.5) is 10.7 Å². The van der Waals surface area contributed by atoms with Crippen molar-refractivity contribution >= 4 is 31.6 Å². The van der Waals surface area contributed by atoms with Crippen molar-refractivity contribution in [1.82, 2.24) is 19.5 Å². The predicted molar refractivity (Wildman–Crippen MR) is 125 cm³/mol. The molecular weight excluding hydrogens is 465 g/mol. The van der Waals surface area contributed by atoms with E-state index >= 15 is 0 Å². The molecule has 34 heavy (non-hydrogen) atoms. The lowest BCUT2D eigenvalue weighted by Crippen LogP contribution is -2.14. The van der Waals surface area contributed by atoms with E-state index in [0.29, 0.717) is 18.8 Å². The zero-order valence-electron chi connectivity index (χ0n) is 19.0. The number of anilines is 1. The molecule has 1 unspecified atom stereocenters. The molecule has 12 nitrogen and oxygen atoms in total. The van der Waals surface area contributed by atoms with Crippen LogP contribution in [-0.4, -0.2) is 52.0 Å². The van der Waals surface area contributed by atoms with Gasteiger partial charge in [0, 0.05) is 6.54 Å².